The minimum absolute atomic E-state index is 0.00407. The monoisotopic (exact) mass is 227 g/mol. The highest BCUT2D eigenvalue weighted by Crippen LogP contribution is 2.35. The second-order valence-electron chi connectivity index (χ2n) is 3.29. The molecular formula is C10H8F3N3. The Morgan fingerprint density at radius 2 is 1.88 bits per heavy atom. The molecule has 3 nitrogen and oxygen atoms in total. The Morgan fingerprint density at radius 3 is 2.44 bits per heavy atom. The first-order chi connectivity index (χ1) is 7.48. The molecule has 0 aliphatic carbocycles. The van der Waals surface area contributed by atoms with Crippen molar-refractivity contribution in [3.8, 4) is 11.4 Å². The number of aromatic nitrogens is 3. The van der Waals surface area contributed by atoms with Crippen LogP contribution in [0.3, 0.4) is 0 Å². The molecule has 0 saturated carbocycles. The van der Waals surface area contributed by atoms with Crippen LogP contribution in [0.15, 0.2) is 30.6 Å². The van der Waals surface area contributed by atoms with Gasteiger partial charge >= 0.3 is 6.18 Å². The van der Waals surface area contributed by atoms with Gasteiger partial charge in [-0.05, 0) is 6.07 Å². The van der Waals surface area contributed by atoms with Crippen LogP contribution in [0.5, 0.6) is 0 Å². The predicted molar refractivity (Wildman–Crippen MR) is 51.4 cm³/mol. The zero-order chi connectivity index (χ0) is 11.8. The summed E-state index contributed by atoms with van der Waals surface area (Å²) < 4.78 is 39.4. The first-order valence-corrected chi connectivity index (χ1v) is 4.51. The molecule has 1 aromatic heterocycles. The van der Waals surface area contributed by atoms with E-state index < -0.39 is 11.7 Å². The van der Waals surface area contributed by atoms with E-state index in [0.717, 1.165) is 6.07 Å². The molecule has 0 fully saturated rings. The lowest BCUT2D eigenvalue weighted by Gasteiger charge is -2.09. The summed E-state index contributed by atoms with van der Waals surface area (Å²) >= 11 is 0. The van der Waals surface area contributed by atoms with E-state index in [1.807, 2.05) is 0 Å². The number of halogens is 3. The lowest BCUT2D eigenvalue weighted by atomic mass is 10.1. The third-order valence-electron chi connectivity index (χ3n) is 2.07. The molecule has 0 amide bonds. The van der Waals surface area contributed by atoms with E-state index in [2.05, 4.69) is 10.1 Å². The minimum atomic E-state index is -4.39. The highest BCUT2D eigenvalue weighted by atomic mass is 19.4. The van der Waals surface area contributed by atoms with Gasteiger partial charge in [0.25, 0.3) is 0 Å². The zero-order valence-corrected chi connectivity index (χ0v) is 8.36. The lowest BCUT2D eigenvalue weighted by Crippen LogP contribution is -2.07. The average Bonchev–Trinajstić information content (AvgIpc) is 2.64. The van der Waals surface area contributed by atoms with Crippen LogP contribution in [0.25, 0.3) is 11.4 Å². The molecule has 0 N–H and O–H groups in total. The Hall–Kier alpha value is -1.85. The summed E-state index contributed by atoms with van der Waals surface area (Å²) in [4.78, 5) is 3.81. The highest BCUT2D eigenvalue weighted by Gasteiger charge is 2.34. The Bertz CT molecular complexity index is 502. The van der Waals surface area contributed by atoms with E-state index in [1.54, 1.807) is 7.05 Å². The molecule has 84 valence electrons. The molecule has 0 spiro atoms. The molecule has 0 aliphatic heterocycles. The van der Waals surface area contributed by atoms with E-state index in [0.29, 0.717) is 0 Å². The zero-order valence-electron chi connectivity index (χ0n) is 8.36. The summed E-state index contributed by atoms with van der Waals surface area (Å²) in [5.74, 6) is 0.0791. The molecule has 6 heteroatoms. The predicted octanol–water partition coefficient (Wildman–Crippen LogP) is 2.50. The van der Waals surface area contributed by atoms with Gasteiger partial charge < -0.3 is 0 Å². The summed E-state index contributed by atoms with van der Waals surface area (Å²) in [5, 5.41) is 3.86. The molecule has 0 aliphatic rings. The summed E-state index contributed by atoms with van der Waals surface area (Å²) in [7, 11) is 1.60. The SMILES string of the molecule is Cn1cnc(-c2ccccc2C(F)(F)F)n1. The Morgan fingerprint density at radius 1 is 1.19 bits per heavy atom. The van der Waals surface area contributed by atoms with Crippen molar-refractivity contribution in [2.75, 3.05) is 0 Å². The third kappa shape index (κ3) is 1.91. The first-order valence-electron chi connectivity index (χ1n) is 4.51. The van der Waals surface area contributed by atoms with Gasteiger partial charge in [-0.15, -0.1) is 0 Å². The molecule has 1 heterocycles. The summed E-state index contributed by atoms with van der Waals surface area (Å²) in [5.41, 5.74) is -0.725. The smallest absolute Gasteiger partial charge is 0.255 e. The largest absolute Gasteiger partial charge is 0.417 e. The molecule has 1 aromatic carbocycles. The summed E-state index contributed by atoms with van der Waals surface area (Å²) in [6, 6.07) is 5.25. The van der Waals surface area contributed by atoms with Gasteiger partial charge in [0, 0.05) is 12.6 Å². The fraction of sp³-hybridized carbons (Fsp3) is 0.200. The molecule has 2 aromatic rings. The topological polar surface area (TPSA) is 30.7 Å². The lowest BCUT2D eigenvalue weighted by molar-refractivity contribution is -0.137. The van der Waals surface area contributed by atoms with Crippen LogP contribution < -0.4 is 0 Å². The van der Waals surface area contributed by atoms with Crippen molar-refractivity contribution in [2.45, 2.75) is 6.18 Å². The van der Waals surface area contributed by atoms with Crippen molar-refractivity contribution >= 4 is 0 Å². The fourth-order valence-corrected chi connectivity index (χ4v) is 1.39. The number of nitrogens with zero attached hydrogens (tertiary/aromatic N) is 3. The van der Waals surface area contributed by atoms with Gasteiger partial charge in [-0.3, -0.25) is 4.68 Å². The second kappa shape index (κ2) is 3.62. The maximum absolute atomic E-state index is 12.7. The van der Waals surface area contributed by atoms with E-state index in [9.17, 15) is 13.2 Å². The number of alkyl halides is 3. The van der Waals surface area contributed by atoms with Gasteiger partial charge in [-0.2, -0.15) is 18.3 Å². The summed E-state index contributed by atoms with van der Waals surface area (Å²) in [6.45, 7) is 0. The maximum atomic E-state index is 12.7. The molecule has 16 heavy (non-hydrogen) atoms. The van der Waals surface area contributed by atoms with E-state index in [-0.39, 0.29) is 11.4 Å². The van der Waals surface area contributed by atoms with Crippen molar-refractivity contribution in [2.24, 2.45) is 7.05 Å². The first kappa shape index (κ1) is 10.7. The average molecular weight is 227 g/mol. The normalized spacial score (nSPS) is 11.8. The molecule has 2 rings (SSSR count). The molecule has 0 atom stereocenters. The van der Waals surface area contributed by atoms with E-state index in [1.165, 1.54) is 29.2 Å². The standard InChI is InChI=1S/C10H8F3N3/c1-16-6-14-9(15-16)7-4-2-3-5-8(7)10(11,12)13/h2-6H,1H3. The van der Waals surface area contributed by atoms with Crippen molar-refractivity contribution in [1.29, 1.82) is 0 Å². The fourth-order valence-electron chi connectivity index (χ4n) is 1.39. The third-order valence-corrected chi connectivity index (χ3v) is 2.07. The van der Waals surface area contributed by atoms with Crippen LogP contribution in [0, 0.1) is 0 Å². The van der Waals surface area contributed by atoms with Crippen LogP contribution in [0.1, 0.15) is 5.56 Å². The van der Waals surface area contributed by atoms with Crippen molar-refractivity contribution < 1.29 is 13.2 Å². The van der Waals surface area contributed by atoms with Crippen LogP contribution in [0.4, 0.5) is 13.2 Å². The van der Waals surface area contributed by atoms with Crippen LogP contribution in [-0.4, -0.2) is 14.8 Å². The van der Waals surface area contributed by atoms with Crippen molar-refractivity contribution in [1.82, 2.24) is 14.8 Å². The second-order valence-corrected chi connectivity index (χ2v) is 3.29. The van der Waals surface area contributed by atoms with Crippen molar-refractivity contribution in [3.05, 3.63) is 36.2 Å². The number of aryl methyl sites for hydroxylation is 1. The van der Waals surface area contributed by atoms with Crippen LogP contribution >= 0.6 is 0 Å². The van der Waals surface area contributed by atoms with Crippen molar-refractivity contribution in [3.63, 3.8) is 0 Å². The van der Waals surface area contributed by atoms with Crippen LogP contribution in [-0.2, 0) is 13.2 Å². The van der Waals surface area contributed by atoms with E-state index in [4.69, 9.17) is 0 Å². The van der Waals surface area contributed by atoms with Gasteiger partial charge in [0.1, 0.15) is 6.33 Å². The molecule has 0 unspecified atom stereocenters. The number of hydrogen-bond acceptors (Lipinski definition) is 2. The van der Waals surface area contributed by atoms with Gasteiger partial charge in [0.2, 0.25) is 0 Å². The quantitative estimate of drug-likeness (QED) is 0.749. The Kier molecular flexibility index (Phi) is 2.41. The number of rotatable bonds is 1. The summed E-state index contributed by atoms with van der Waals surface area (Å²) in [6.07, 6.45) is -3.03. The number of benzene rings is 1. The molecule has 0 saturated heterocycles. The van der Waals surface area contributed by atoms with Gasteiger partial charge in [0.05, 0.1) is 5.56 Å². The van der Waals surface area contributed by atoms with Crippen LogP contribution in [0.2, 0.25) is 0 Å². The van der Waals surface area contributed by atoms with E-state index >= 15 is 0 Å². The number of hydrogen-bond donors (Lipinski definition) is 0. The molecular weight excluding hydrogens is 219 g/mol. The Balaban J connectivity index is 2.57. The molecule has 0 radical (unpaired) electrons. The van der Waals surface area contributed by atoms with Gasteiger partial charge in [-0.25, -0.2) is 4.98 Å². The minimum Gasteiger partial charge on any atom is -0.255 e. The van der Waals surface area contributed by atoms with Gasteiger partial charge in [0.15, 0.2) is 5.82 Å². The maximum Gasteiger partial charge on any atom is 0.417 e. The highest BCUT2D eigenvalue weighted by molar-refractivity contribution is 5.60. The Labute approximate surface area is 89.5 Å². The molecule has 0 bridgehead atoms. The van der Waals surface area contributed by atoms with Gasteiger partial charge in [-0.1, -0.05) is 18.2 Å².